The Bertz CT molecular complexity index is 522. The molecular weight excluding hydrogens is 238 g/mol. The Morgan fingerprint density at radius 2 is 2.26 bits per heavy atom. The van der Waals surface area contributed by atoms with Gasteiger partial charge in [-0.1, -0.05) is 19.9 Å². The fraction of sp³-hybridized carbons (Fsp3) is 0.400. The molecule has 1 aromatic heterocycles. The van der Waals surface area contributed by atoms with Gasteiger partial charge in [-0.3, -0.25) is 0 Å². The van der Waals surface area contributed by atoms with Gasteiger partial charge in [0.2, 0.25) is 0 Å². The van der Waals surface area contributed by atoms with Crippen LogP contribution in [0.5, 0.6) is 5.75 Å². The standard InChI is InChI=1S/C15H21N3O/c1-3-12(2)15-10-17-11-18(15)7-8-19-14-6-4-5-13(16)9-14/h4-6,9-12H,3,7-8,16H2,1-2H3. The molecule has 0 fully saturated rings. The second kappa shape index (κ2) is 6.27. The van der Waals surface area contributed by atoms with Crippen molar-refractivity contribution in [2.45, 2.75) is 32.7 Å². The number of nitrogens with zero attached hydrogens (tertiary/aromatic N) is 2. The van der Waals surface area contributed by atoms with E-state index in [1.807, 2.05) is 36.8 Å². The number of nitrogens with two attached hydrogens (primary N) is 1. The van der Waals surface area contributed by atoms with Gasteiger partial charge in [-0.2, -0.15) is 0 Å². The van der Waals surface area contributed by atoms with Crippen molar-refractivity contribution in [3.05, 3.63) is 42.5 Å². The van der Waals surface area contributed by atoms with Crippen LogP contribution in [0.4, 0.5) is 5.69 Å². The lowest BCUT2D eigenvalue weighted by molar-refractivity contribution is 0.295. The van der Waals surface area contributed by atoms with E-state index in [4.69, 9.17) is 10.5 Å². The minimum absolute atomic E-state index is 0.523. The number of hydrogen-bond acceptors (Lipinski definition) is 3. The lowest BCUT2D eigenvalue weighted by Gasteiger charge is -2.13. The Balaban J connectivity index is 1.91. The Morgan fingerprint density at radius 1 is 1.42 bits per heavy atom. The lowest BCUT2D eigenvalue weighted by atomic mass is 10.1. The number of hydrogen-bond donors (Lipinski definition) is 1. The van der Waals surface area contributed by atoms with Crippen LogP contribution in [0, 0.1) is 0 Å². The highest BCUT2D eigenvalue weighted by Crippen LogP contribution is 2.18. The summed E-state index contributed by atoms with van der Waals surface area (Å²) >= 11 is 0. The van der Waals surface area contributed by atoms with Crippen molar-refractivity contribution in [3.63, 3.8) is 0 Å². The summed E-state index contributed by atoms with van der Waals surface area (Å²) in [5.74, 6) is 1.33. The normalized spacial score (nSPS) is 12.3. The molecule has 0 spiro atoms. The maximum absolute atomic E-state index is 5.71. The first-order valence-corrected chi connectivity index (χ1v) is 6.69. The topological polar surface area (TPSA) is 53.1 Å². The van der Waals surface area contributed by atoms with Gasteiger partial charge in [-0.25, -0.2) is 4.98 Å². The number of anilines is 1. The monoisotopic (exact) mass is 259 g/mol. The maximum Gasteiger partial charge on any atom is 0.121 e. The van der Waals surface area contributed by atoms with E-state index in [1.54, 1.807) is 0 Å². The van der Waals surface area contributed by atoms with Crippen LogP contribution in [0.25, 0.3) is 0 Å². The highest BCUT2D eigenvalue weighted by molar-refractivity contribution is 5.43. The van der Waals surface area contributed by atoms with Crippen molar-refractivity contribution in [3.8, 4) is 5.75 Å². The lowest BCUT2D eigenvalue weighted by Crippen LogP contribution is -2.11. The Hall–Kier alpha value is -1.97. The molecule has 19 heavy (non-hydrogen) atoms. The number of imidazole rings is 1. The molecule has 0 aliphatic heterocycles. The number of benzene rings is 1. The number of ether oxygens (including phenoxy) is 1. The predicted octanol–water partition coefficient (Wildman–Crippen LogP) is 3.06. The van der Waals surface area contributed by atoms with E-state index in [-0.39, 0.29) is 0 Å². The molecule has 4 heteroatoms. The van der Waals surface area contributed by atoms with Gasteiger partial charge in [0.25, 0.3) is 0 Å². The Labute approximate surface area is 114 Å². The molecule has 2 aromatic rings. The number of nitrogen functional groups attached to an aromatic ring is 1. The molecular formula is C15H21N3O. The maximum atomic E-state index is 5.71. The van der Waals surface area contributed by atoms with Crippen molar-refractivity contribution in [2.75, 3.05) is 12.3 Å². The summed E-state index contributed by atoms with van der Waals surface area (Å²) < 4.78 is 7.85. The summed E-state index contributed by atoms with van der Waals surface area (Å²) in [6.07, 6.45) is 4.92. The molecule has 4 nitrogen and oxygen atoms in total. The molecule has 2 N–H and O–H groups in total. The fourth-order valence-corrected chi connectivity index (χ4v) is 2.00. The molecule has 0 aliphatic carbocycles. The van der Waals surface area contributed by atoms with Gasteiger partial charge < -0.3 is 15.0 Å². The minimum Gasteiger partial charge on any atom is -0.492 e. The smallest absolute Gasteiger partial charge is 0.121 e. The molecule has 0 saturated heterocycles. The van der Waals surface area contributed by atoms with Crippen LogP contribution in [0.3, 0.4) is 0 Å². The van der Waals surface area contributed by atoms with E-state index < -0.39 is 0 Å². The molecule has 102 valence electrons. The number of rotatable bonds is 6. The molecule has 0 amide bonds. The van der Waals surface area contributed by atoms with Crippen LogP contribution in [0.15, 0.2) is 36.8 Å². The van der Waals surface area contributed by atoms with Crippen molar-refractivity contribution < 1.29 is 4.74 Å². The summed E-state index contributed by atoms with van der Waals surface area (Å²) in [7, 11) is 0. The third-order valence-corrected chi connectivity index (χ3v) is 3.32. The molecule has 0 saturated carbocycles. The van der Waals surface area contributed by atoms with Crippen LogP contribution in [-0.4, -0.2) is 16.2 Å². The van der Waals surface area contributed by atoms with Gasteiger partial charge in [0.15, 0.2) is 0 Å². The molecule has 1 aromatic carbocycles. The third-order valence-electron chi connectivity index (χ3n) is 3.32. The first kappa shape index (κ1) is 13.5. The van der Waals surface area contributed by atoms with Gasteiger partial charge in [-0.05, 0) is 24.5 Å². The van der Waals surface area contributed by atoms with Crippen LogP contribution < -0.4 is 10.5 Å². The highest BCUT2D eigenvalue weighted by Gasteiger charge is 2.08. The van der Waals surface area contributed by atoms with E-state index >= 15 is 0 Å². The van der Waals surface area contributed by atoms with E-state index in [0.717, 1.165) is 24.4 Å². The minimum atomic E-state index is 0.523. The zero-order valence-electron chi connectivity index (χ0n) is 11.5. The van der Waals surface area contributed by atoms with Crippen molar-refractivity contribution in [1.82, 2.24) is 9.55 Å². The zero-order valence-corrected chi connectivity index (χ0v) is 11.5. The predicted molar refractivity (Wildman–Crippen MR) is 77.3 cm³/mol. The molecule has 1 heterocycles. The summed E-state index contributed by atoms with van der Waals surface area (Å²) in [5, 5.41) is 0. The zero-order chi connectivity index (χ0) is 13.7. The Kier molecular flexibility index (Phi) is 4.44. The summed E-state index contributed by atoms with van der Waals surface area (Å²) in [6, 6.07) is 7.50. The first-order valence-electron chi connectivity index (χ1n) is 6.69. The molecule has 1 unspecified atom stereocenters. The van der Waals surface area contributed by atoms with Gasteiger partial charge in [0.1, 0.15) is 12.4 Å². The van der Waals surface area contributed by atoms with E-state index in [9.17, 15) is 0 Å². The SMILES string of the molecule is CCC(C)c1cncn1CCOc1cccc(N)c1. The second-order valence-electron chi connectivity index (χ2n) is 4.74. The summed E-state index contributed by atoms with van der Waals surface area (Å²) in [5.41, 5.74) is 7.70. The van der Waals surface area contributed by atoms with Gasteiger partial charge >= 0.3 is 0 Å². The van der Waals surface area contributed by atoms with E-state index in [1.165, 1.54) is 5.69 Å². The van der Waals surface area contributed by atoms with Gasteiger partial charge in [-0.15, -0.1) is 0 Å². The molecule has 1 atom stereocenters. The molecule has 0 aliphatic rings. The fourth-order valence-electron chi connectivity index (χ4n) is 2.00. The van der Waals surface area contributed by atoms with Crippen molar-refractivity contribution in [1.29, 1.82) is 0 Å². The largest absolute Gasteiger partial charge is 0.492 e. The van der Waals surface area contributed by atoms with Crippen LogP contribution in [-0.2, 0) is 6.54 Å². The highest BCUT2D eigenvalue weighted by atomic mass is 16.5. The van der Waals surface area contributed by atoms with Gasteiger partial charge in [0.05, 0.1) is 12.9 Å². The molecule has 0 radical (unpaired) electrons. The average molecular weight is 259 g/mol. The molecule has 2 rings (SSSR count). The summed E-state index contributed by atoms with van der Waals surface area (Å²) in [4.78, 5) is 4.22. The third kappa shape index (κ3) is 3.50. The van der Waals surface area contributed by atoms with Crippen LogP contribution >= 0.6 is 0 Å². The summed E-state index contributed by atoms with van der Waals surface area (Å²) in [6.45, 7) is 5.81. The second-order valence-corrected chi connectivity index (χ2v) is 4.74. The average Bonchev–Trinajstić information content (AvgIpc) is 2.86. The van der Waals surface area contributed by atoms with Gasteiger partial charge in [0, 0.05) is 23.6 Å². The quantitative estimate of drug-likeness (QED) is 0.811. The molecule has 0 bridgehead atoms. The van der Waals surface area contributed by atoms with Crippen LogP contribution in [0.1, 0.15) is 31.9 Å². The van der Waals surface area contributed by atoms with E-state index in [0.29, 0.717) is 12.5 Å². The van der Waals surface area contributed by atoms with E-state index in [2.05, 4.69) is 23.4 Å². The Morgan fingerprint density at radius 3 is 3.00 bits per heavy atom. The van der Waals surface area contributed by atoms with Crippen molar-refractivity contribution >= 4 is 5.69 Å². The number of aromatic nitrogens is 2. The first-order chi connectivity index (χ1) is 9.20. The van der Waals surface area contributed by atoms with Crippen LogP contribution in [0.2, 0.25) is 0 Å². The van der Waals surface area contributed by atoms with Crippen molar-refractivity contribution in [2.24, 2.45) is 0 Å².